The second-order valence-electron chi connectivity index (χ2n) is 5.95. The molecule has 1 aromatic heterocycles. The molecular weight excluding hydrogens is 342 g/mol. The van der Waals surface area contributed by atoms with Gasteiger partial charge in [-0.05, 0) is 24.3 Å². The van der Waals surface area contributed by atoms with Crippen LogP contribution >= 0.6 is 0 Å². The van der Waals surface area contributed by atoms with Crippen molar-refractivity contribution in [1.29, 1.82) is 0 Å². The number of nitrogens with one attached hydrogen (secondary N) is 1. The summed E-state index contributed by atoms with van der Waals surface area (Å²) in [7, 11) is 0. The molecule has 2 amide bonds. The average molecular weight is 360 g/mol. The maximum absolute atomic E-state index is 13.7. The lowest BCUT2D eigenvalue weighted by atomic mass is 10.2. The molecule has 0 bridgehead atoms. The molecule has 0 saturated carbocycles. The standard InChI is InChI=1S/C18H18F2N4O2/c1-12(25)23-7-9-24(10-8-23)16-11-13(5-6-21-16)18(26)22-17-14(19)3-2-4-15(17)20/h2-6,11H,7-10H2,1H3,(H,22,26). The van der Waals surface area contributed by atoms with Gasteiger partial charge in [0.2, 0.25) is 5.91 Å². The Labute approximate surface area is 149 Å². The molecule has 0 aliphatic carbocycles. The van der Waals surface area contributed by atoms with E-state index in [4.69, 9.17) is 0 Å². The molecule has 1 aliphatic heterocycles. The number of piperazine rings is 1. The fourth-order valence-electron chi connectivity index (χ4n) is 2.79. The third kappa shape index (κ3) is 3.79. The summed E-state index contributed by atoms with van der Waals surface area (Å²) in [6.07, 6.45) is 1.47. The van der Waals surface area contributed by atoms with Crippen LogP contribution in [-0.2, 0) is 4.79 Å². The number of carbonyl (C=O) groups excluding carboxylic acids is 2. The number of carbonyl (C=O) groups is 2. The van der Waals surface area contributed by atoms with E-state index < -0.39 is 23.2 Å². The van der Waals surface area contributed by atoms with Gasteiger partial charge in [-0.3, -0.25) is 9.59 Å². The monoisotopic (exact) mass is 360 g/mol. The zero-order chi connectivity index (χ0) is 18.7. The van der Waals surface area contributed by atoms with E-state index in [2.05, 4.69) is 10.3 Å². The highest BCUT2D eigenvalue weighted by molar-refractivity contribution is 6.04. The first-order chi connectivity index (χ1) is 12.5. The average Bonchev–Trinajstić information content (AvgIpc) is 2.65. The summed E-state index contributed by atoms with van der Waals surface area (Å²) in [4.78, 5) is 31.7. The SMILES string of the molecule is CC(=O)N1CCN(c2cc(C(=O)Nc3c(F)cccc3F)ccn2)CC1. The minimum absolute atomic E-state index is 0.0256. The minimum atomic E-state index is -0.840. The van der Waals surface area contributed by atoms with Gasteiger partial charge >= 0.3 is 0 Å². The molecule has 8 heteroatoms. The maximum atomic E-state index is 13.7. The molecule has 2 heterocycles. The predicted octanol–water partition coefficient (Wildman–Crippen LogP) is 2.28. The number of aromatic nitrogens is 1. The van der Waals surface area contributed by atoms with Gasteiger partial charge in [0, 0.05) is 44.9 Å². The van der Waals surface area contributed by atoms with Crippen molar-refractivity contribution >= 4 is 23.3 Å². The van der Waals surface area contributed by atoms with E-state index in [1.807, 2.05) is 4.90 Å². The number of hydrogen-bond acceptors (Lipinski definition) is 4. The Morgan fingerprint density at radius 3 is 2.35 bits per heavy atom. The lowest BCUT2D eigenvalue weighted by Crippen LogP contribution is -2.48. The van der Waals surface area contributed by atoms with Crippen molar-refractivity contribution < 1.29 is 18.4 Å². The van der Waals surface area contributed by atoms with E-state index in [1.165, 1.54) is 25.3 Å². The van der Waals surface area contributed by atoms with Crippen molar-refractivity contribution in [1.82, 2.24) is 9.88 Å². The third-order valence-corrected chi connectivity index (χ3v) is 4.26. The lowest BCUT2D eigenvalue weighted by molar-refractivity contribution is -0.129. The van der Waals surface area contributed by atoms with Crippen molar-refractivity contribution in [3.63, 3.8) is 0 Å². The van der Waals surface area contributed by atoms with Crippen LogP contribution in [0.2, 0.25) is 0 Å². The van der Waals surface area contributed by atoms with Crippen LogP contribution < -0.4 is 10.2 Å². The van der Waals surface area contributed by atoms with Gasteiger partial charge in [0.15, 0.2) is 0 Å². The third-order valence-electron chi connectivity index (χ3n) is 4.26. The van der Waals surface area contributed by atoms with Crippen LogP contribution in [0.4, 0.5) is 20.3 Å². The van der Waals surface area contributed by atoms with Crippen LogP contribution in [0.15, 0.2) is 36.5 Å². The van der Waals surface area contributed by atoms with Gasteiger partial charge in [-0.2, -0.15) is 0 Å². The van der Waals surface area contributed by atoms with Crippen LogP contribution in [-0.4, -0.2) is 47.9 Å². The molecule has 6 nitrogen and oxygen atoms in total. The summed E-state index contributed by atoms with van der Waals surface area (Å²) in [5.41, 5.74) is -0.238. The molecule has 0 spiro atoms. The van der Waals surface area contributed by atoms with Crippen molar-refractivity contribution in [2.75, 3.05) is 36.4 Å². The van der Waals surface area contributed by atoms with E-state index in [0.717, 1.165) is 12.1 Å². The van der Waals surface area contributed by atoms with Crippen molar-refractivity contribution in [2.24, 2.45) is 0 Å². The van der Waals surface area contributed by atoms with Crippen LogP contribution in [0.3, 0.4) is 0 Å². The number of hydrogen-bond donors (Lipinski definition) is 1. The number of para-hydroxylation sites is 1. The number of nitrogens with zero attached hydrogens (tertiary/aromatic N) is 3. The Balaban J connectivity index is 1.73. The number of benzene rings is 1. The molecule has 1 N–H and O–H groups in total. The molecule has 1 fully saturated rings. The van der Waals surface area contributed by atoms with Gasteiger partial charge in [-0.1, -0.05) is 6.07 Å². The molecule has 1 aromatic carbocycles. The Bertz CT molecular complexity index is 815. The van der Waals surface area contributed by atoms with Crippen molar-refractivity contribution in [2.45, 2.75) is 6.92 Å². The molecule has 1 saturated heterocycles. The highest BCUT2D eigenvalue weighted by Crippen LogP contribution is 2.20. The van der Waals surface area contributed by atoms with E-state index in [-0.39, 0.29) is 11.5 Å². The van der Waals surface area contributed by atoms with E-state index >= 15 is 0 Å². The topological polar surface area (TPSA) is 65.5 Å². The molecule has 26 heavy (non-hydrogen) atoms. The summed E-state index contributed by atoms with van der Waals surface area (Å²) in [5, 5.41) is 2.26. The summed E-state index contributed by atoms with van der Waals surface area (Å²) in [6, 6.07) is 6.42. The van der Waals surface area contributed by atoms with Gasteiger partial charge in [0.1, 0.15) is 23.1 Å². The largest absolute Gasteiger partial charge is 0.353 e. The quantitative estimate of drug-likeness (QED) is 0.912. The van der Waals surface area contributed by atoms with Crippen LogP contribution in [0.5, 0.6) is 0 Å². The molecule has 0 radical (unpaired) electrons. The van der Waals surface area contributed by atoms with Gasteiger partial charge in [-0.15, -0.1) is 0 Å². The first-order valence-electron chi connectivity index (χ1n) is 8.17. The van der Waals surface area contributed by atoms with Crippen molar-refractivity contribution in [3.05, 3.63) is 53.7 Å². The van der Waals surface area contributed by atoms with E-state index in [0.29, 0.717) is 32.0 Å². The van der Waals surface area contributed by atoms with Gasteiger partial charge in [-0.25, -0.2) is 13.8 Å². The number of pyridine rings is 1. The first kappa shape index (κ1) is 17.8. The molecule has 3 rings (SSSR count). The lowest BCUT2D eigenvalue weighted by Gasteiger charge is -2.35. The van der Waals surface area contributed by atoms with Crippen LogP contribution in [0, 0.1) is 11.6 Å². The fourth-order valence-corrected chi connectivity index (χ4v) is 2.79. The smallest absolute Gasteiger partial charge is 0.256 e. The highest BCUT2D eigenvalue weighted by Gasteiger charge is 2.21. The summed E-state index contributed by atoms with van der Waals surface area (Å²) in [5.74, 6) is -1.70. The Hall–Kier alpha value is -3.03. The minimum Gasteiger partial charge on any atom is -0.353 e. The van der Waals surface area contributed by atoms with Gasteiger partial charge in [0.25, 0.3) is 5.91 Å². The van der Waals surface area contributed by atoms with Crippen LogP contribution in [0.1, 0.15) is 17.3 Å². The summed E-state index contributed by atoms with van der Waals surface area (Å²) in [6.45, 7) is 3.88. The predicted molar refractivity (Wildman–Crippen MR) is 93.0 cm³/mol. The van der Waals surface area contributed by atoms with Crippen molar-refractivity contribution in [3.8, 4) is 0 Å². The molecular formula is C18H18F2N4O2. The fraction of sp³-hybridized carbons (Fsp3) is 0.278. The van der Waals surface area contributed by atoms with Gasteiger partial charge < -0.3 is 15.1 Å². The van der Waals surface area contributed by atoms with E-state index in [9.17, 15) is 18.4 Å². The summed E-state index contributed by atoms with van der Waals surface area (Å²) < 4.78 is 27.4. The molecule has 136 valence electrons. The Kier molecular flexibility index (Phi) is 5.11. The number of rotatable bonds is 3. The molecule has 0 unspecified atom stereocenters. The number of anilines is 2. The zero-order valence-electron chi connectivity index (χ0n) is 14.2. The molecule has 2 aromatic rings. The first-order valence-corrected chi connectivity index (χ1v) is 8.17. The number of halogens is 2. The Morgan fingerprint density at radius 2 is 1.73 bits per heavy atom. The van der Waals surface area contributed by atoms with Gasteiger partial charge in [0.05, 0.1) is 0 Å². The number of amides is 2. The maximum Gasteiger partial charge on any atom is 0.256 e. The molecule has 0 atom stereocenters. The van der Waals surface area contributed by atoms with E-state index in [1.54, 1.807) is 11.0 Å². The molecule has 1 aliphatic rings. The van der Waals surface area contributed by atoms with Crippen LogP contribution in [0.25, 0.3) is 0 Å². The highest BCUT2D eigenvalue weighted by atomic mass is 19.1. The second-order valence-corrected chi connectivity index (χ2v) is 5.95. The zero-order valence-corrected chi connectivity index (χ0v) is 14.2. The normalized spacial score (nSPS) is 14.3. The summed E-state index contributed by atoms with van der Waals surface area (Å²) >= 11 is 0. The Morgan fingerprint density at radius 1 is 1.08 bits per heavy atom. The second kappa shape index (κ2) is 7.47.